The van der Waals surface area contributed by atoms with Gasteiger partial charge in [0.15, 0.2) is 0 Å². The van der Waals surface area contributed by atoms with Gasteiger partial charge in [0.05, 0.1) is 17.9 Å². The Bertz CT molecular complexity index is 985. The summed E-state index contributed by atoms with van der Waals surface area (Å²) >= 11 is 0. The van der Waals surface area contributed by atoms with Gasteiger partial charge in [0.1, 0.15) is 11.6 Å². The lowest BCUT2D eigenvalue weighted by molar-refractivity contribution is 0.0694. The highest BCUT2D eigenvalue weighted by Gasteiger charge is 2.40. The van der Waals surface area contributed by atoms with E-state index in [1.807, 2.05) is 6.07 Å². The molecule has 1 unspecified atom stereocenters. The van der Waals surface area contributed by atoms with E-state index in [9.17, 15) is 12.8 Å². The monoisotopic (exact) mass is 435 g/mol. The summed E-state index contributed by atoms with van der Waals surface area (Å²) in [5, 5.41) is 0. The standard InChI is InChI=1S/C22H30FN3O3S/c1-22(21-24-15-19(29-21)14-17-6-3-4-7-20(17)23)10-5-11-25(16-22)18-8-12-26(13-9-18)30(2,27)28/h3-4,6-7,15,18H,5,8-14,16H2,1-2H3. The molecule has 0 aliphatic carbocycles. The van der Waals surface area contributed by atoms with E-state index in [0.717, 1.165) is 38.8 Å². The van der Waals surface area contributed by atoms with Crippen LogP contribution in [0.1, 0.15) is 49.8 Å². The van der Waals surface area contributed by atoms with Gasteiger partial charge in [-0.15, -0.1) is 0 Å². The first-order chi connectivity index (χ1) is 14.2. The van der Waals surface area contributed by atoms with E-state index in [0.29, 0.717) is 42.8 Å². The van der Waals surface area contributed by atoms with Crippen LogP contribution in [0.3, 0.4) is 0 Å². The molecule has 2 aromatic rings. The first-order valence-electron chi connectivity index (χ1n) is 10.6. The fraction of sp³-hybridized carbons (Fsp3) is 0.591. The van der Waals surface area contributed by atoms with Crippen LogP contribution in [0.15, 0.2) is 34.9 Å². The molecular formula is C22H30FN3O3S. The van der Waals surface area contributed by atoms with E-state index in [4.69, 9.17) is 4.42 Å². The summed E-state index contributed by atoms with van der Waals surface area (Å²) < 4.78 is 45.2. The lowest BCUT2D eigenvalue weighted by Crippen LogP contribution is -2.52. The van der Waals surface area contributed by atoms with E-state index in [1.54, 1.807) is 22.6 Å². The Balaban J connectivity index is 1.42. The van der Waals surface area contributed by atoms with Crippen LogP contribution in [0.2, 0.25) is 0 Å². The van der Waals surface area contributed by atoms with Crippen molar-refractivity contribution in [2.24, 2.45) is 0 Å². The molecule has 0 spiro atoms. The van der Waals surface area contributed by atoms with E-state index >= 15 is 0 Å². The fourth-order valence-corrected chi connectivity index (χ4v) is 5.68. The molecule has 0 N–H and O–H groups in total. The van der Waals surface area contributed by atoms with Gasteiger partial charge in [-0.05, 0) is 50.8 Å². The minimum Gasteiger partial charge on any atom is -0.445 e. The number of aromatic nitrogens is 1. The zero-order valence-corrected chi connectivity index (χ0v) is 18.5. The number of halogens is 1. The van der Waals surface area contributed by atoms with Gasteiger partial charge in [0, 0.05) is 32.1 Å². The van der Waals surface area contributed by atoms with Gasteiger partial charge in [-0.3, -0.25) is 4.90 Å². The molecule has 1 aromatic heterocycles. The Labute approximate surface area is 178 Å². The number of oxazole rings is 1. The van der Waals surface area contributed by atoms with Crippen LogP contribution in [0.4, 0.5) is 4.39 Å². The van der Waals surface area contributed by atoms with E-state index in [2.05, 4.69) is 16.8 Å². The Morgan fingerprint density at radius 1 is 1.23 bits per heavy atom. The van der Waals surface area contributed by atoms with Crippen molar-refractivity contribution in [3.8, 4) is 0 Å². The van der Waals surface area contributed by atoms with Gasteiger partial charge >= 0.3 is 0 Å². The first-order valence-corrected chi connectivity index (χ1v) is 12.5. The van der Waals surface area contributed by atoms with Crippen molar-refractivity contribution in [2.75, 3.05) is 32.4 Å². The van der Waals surface area contributed by atoms with Gasteiger partial charge in [-0.2, -0.15) is 0 Å². The molecule has 2 aliphatic rings. The van der Waals surface area contributed by atoms with Crippen LogP contribution >= 0.6 is 0 Å². The van der Waals surface area contributed by atoms with E-state index in [1.165, 1.54) is 12.3 Å². The van der Waals surface area contributed by atoms with Crippen molar-refractivity contribution in [3.63, 3.8) is 0 Å². The van der Waals surface area contributed by atoms with Gasteiger partial charge in [-0.25, -0.2) is 22.1 Å². The zero-order valence-electron chi connectivity index (χ0n) is 17.7. The number of rotatable bonds is 5. The molecule has 164 valence electrons. The predicted octanol–water partition coefficient (Wildman–Crippen LogP) is 3.18. The highest BCUT2D eigenvalue weighted by molar-refractivity contribution is 7.88. The maximum Gasteiger partial charge on any atom is 0.211 e. The van der Waals surface area contributed by atoms with E-state index < -0.39 is 10.0 Å². The number of nitrogens with zero attached hydrogens (tertiary/aromatic N) is 3. The van der Waals surface area contributed by atoms with Gasteiger partial charge in [0.2, 0.25) is 15.9 Å². The Hall–Kier alpha value is -1.77. The minimum absolute atomic E-state index is 0.195. The Morgan fingerprint density at radius 3 is 2.67 bits per heavy atom. The SMILES string of the molecule is CC1(c2ncc(Cc3ccccc3F)o2)CCCN(C2CCN(S(C)(=O)=O)CC2)C1. The molecule has 4 rings (SSSR count). The molecular weight excluding hydrogens is 405 g/mol. The molecule has 1 atom stereocenters. The van der Waals surface area contributed by atoms with Crippen LogP contribution < -0.4 is 0 Å². The summed E-state index contributed by atoms with van der Waals surface area (Å²) in [6, 6.07) is 7.12. The normalized spacial score (nSPS) is 24.9. The van der Waals surface area contributed by atoms with Crippen LogP contribution in [0, 0.1) is 5.82 Å². The summed E-state index contributed by atoms with van der Waals surface area (Å²) in [5.74, 6) is 1.16. The lowest BCUT2D eigenvalue weighted by atomic mass is 9.80. The van der Waals surface area contributed by atoms with Crippen molar-refractivity contribution in [1.82, 2.24) is 14.2 Å². The van der Waals surface area contributed by atoms with Crippen molar-refractivity contribution >= 4 is 10.0 Å². The average Bonchev–Trinajstić information content (AvgIpc) is 3.19. The third kappa shape index (κ3) is 4.60. The molecule has 0 bridgehead atoms. The fourth-order valence-electron chi connectivity index (χ4n) is 4.80. The number of hydrogen-bond donors (Lipinski definition) is 0. The molecule has 0 amide bonds. The molecule has 2 fully saturated rings. The smallest absolute Gasteiger partial charge is 0.211 e. The molecule has 1 aromatic carbocycles. The van der Waals surface area contributed by atoms with Crippen LogP contribution in [0.25, 0.3) is 0 Å². The highest BCUT2D eigenvalue weighted by Crippen LogP contribution is 2.36. The first kappa shape index (κ1) is 21.5. The molecule has 0 radical (unpaired) electrons. The second-order valence-electron chi connectivity index (χ2n) is 8.93. The Morgan fingerprint density at radius 2 is 1.97 bits per heavy atom. The number of benzene rings is 1. The van der Waals surface area contributed by atoms with E-state index in [-0.39, 0.29) is 11.2 Å². The van der Waals surface area contributed by atoms with Crippen molar-refractivity contribution in [1.29, 1.82) is 0 Å². The maximum atomic E-state index is 14.0. The van der Waals surface area contributed by atoms with Crippen LogP contribution in [-0.2, 0) is 21.9 Å². The van der Waals surface area contributed by atoms with Gasteiger partial charge in [0.25, 0.3) is 0 Å². The predicted molar refractivity (Wildman–Crippen MR) is 113 cm³/mol. The number of piperidine rings is 2. The summed E-state index contributed by atoms with van der Waals surface area (Å²) in [6.45, 7) is 5.21. The Kier molecular flexibility index (Phi) is 6.01. The molecule has 6 nitrogen and oxygen atoms in total. The lowest BCUT2D eigenvalue weighted by Gasteiger charge is -2.44. The number of likely N-dealkylation sites (tertiary alicyclic amines) is 1. The molecule has 0 saturated carbocycles. The molecule has 2 saturated heterocycles. The van der Waals surface area contributed by atoms with Crippen molar-refractivity contribution in [3.05, 3.63) is 53.5 Å². The molecule has 8 heteroatoms. The van der Waals surface area contributed by atoms with Crippen molar-refractivity contribution < 1.29 is 17.2 Å². The average molecular weight is 436 g/mol. The quantitative estimate of drug-likeness (QED) is 0.722. The van der Waals surface area contributed by atoms with Gasteiger partial charge in [-0.1, -0.05) is 18.2 Å². The largest absolute Gasteiger partial charge is 0.445 e. The highest BCUT2D eigenvalue weighted by atomic mass is 32.2. The summed E-state index contributed by atoms with van der Waals surface area (Å²) in [7, 11) is -3.11. The second kappa shape index (κ2) is 8.40. The molecule has 3 heterocycles. The third-order valence-corrected chi connectivity index (χ3v) is 7.83. The summed E-state index contributed by atoms with van der Waals surface area (Å²) in [4.78, 5) is 7.03. The molecule has 2 aliphatic heterocycles. The second-order valence-corrected chi connectivity index (χ2v) is 10.9. The van der Waals surface area contributed by atoms with Crippen LogP contribution in [0.5, 0.6) is 0 Å². The van der Waals surface area contributed by atoms with Gasteiger partial charge < -0.3 is 4.42 Å². The molecule has 30 heavy (non-hydrogen) atoms. The van der Waals surface area contributed by atoms with Crippen LogP contribution in [-0.4, -0.2) is 61.1 Å². The third-order valence-electron chi connectivity index (χ3n) is 6.53. The maximum absolute atomic E-state index is 14.0. The topological polar surface area (TPSA) is 66.7 Å². The summed E-state index contributed by atoms with van der Waals surface area (Å²) in [6.07, 6.45) is 7.15. The summed E-state index contributed by atoms with van der Waals surface area (Å²) in [5.41, 5.74) is 0.410. The number of sulfonamides is 1. The minimum atomic E-state index is -3.11. The zero-order chi connectivity index (χ0) is 21.4. The number of hydrogen-bond acceptors (Lipinski definition) is 5. The van der Waals surface area contributed by atoms with Crippen molar-refractivity contribution in [2.45, 2.75) is 50.5 Å².